The van der Waals surface area contributed by atoms with E-state index >= 15 is 0 Å². The second kappa shape index (κ2) is 7.26. The van der Waals surface area contributed by atoms with Crippen molar-refractivity contribution in [2.45, 2.75) is 49.9 Å². The summed E-state index contributed by atoms with van der Waals surface area (Å²) in [5.41, 5.74) is 1.38. The molecule has 1 heterocycles. The van der Waals surface area contributed by atoms with Crippen molar-refractivity contribution < 1.29 is 9.59 Å². The van der Waals surface area contributed by atoms with Crippen molar-refractivity contribution in [1.29, 1.82) is 0 Å². The SMILES string of the molecule is O=C1C(=NCCc2ccccc2)C(Cl)C(=O)N1C1CCCCC1. The Morgan fingerprint density at radius 2 is 1.78 bits per heavy atom. The molecule has 1 aromatic rings. The summed E-state index contributed by atoms with van der Waals surface area (Å²) in [6, 6.07) is 9.96. The molecule has 1 unspecified atom stereocenters. The smallest absolute Gasteiger partial charge is 0.276 e. The van der Waals surface area contributed by atoms with Crippen LogP contribution in [0.2, 0.25) is 0 Å². The fraction of sp³-hybridized carbons (Fsp3) is 0.500. The number of carbonyl (C=O) groups excluding carboxylic acids is 2. The Morgan fingerprint density at radius 3 is 2.48 bits per heavy atom. The second-order valence-electron chi connectivity index (χ2n) is 6.17. The molecule has 1 atom stereocenters. The molecule has 1 saturated heterocycles. The van der Waals surface area contributed by atoms with E-state index in [0.717, 1.165) is 37.7 Å². The first-order chi connectivity index (χ1) is 11.2. The molecule has 1 saturated carbocycles. The molecule has 4 nitrogen and oxygen atoms in total. The Kier molecular flexibility index (Phi) is 5.11. The average molecular weight is 333 g/mol. The topological polar surface area (TPSA) is 49.7 Å². The summed E-state index contributed by atoms with van der Waals surface area (Å²) in [5.74, 6) is -0.572. The minimum absolute atomic E-state index is 0.00632. The Balaban J connectivity index is 1.68. The van der Waals surface area contributed by atoms with Gasteiger partial charge in [0.25, 0.3) is 11.8 Å². The molecule has 1 aromatic carbocycles. The van der Waals surface area contributed by atoms with Crippen LogP contribution in [0.25, 0.3) is 0 Å². The van der Waals surface area contributed by atoms with Crippen LogP contribution < -0.4 is 0 Å². The van der Waals surface area contributed by atoms with E-state index < -0.39 is 5.38 Å². The number of hydrogen-bond donors (Lipinski definition) is 0. The van der Waals surface area contributed by atoms with E-state index in [1.807, 2.05) is 30.3 Å². The van der Waals surface area contributed by atoms with Crippen LogP contribution in [0.15, 0.2) is 35.3 Å². The minimum Gasteiger partial charge on any atom is -0.282 e. The van der Waals surface area contributed by atoms with E-state index in [0.29, 0.717) is 6.54 Å². The van der Waals surface area contributed by atoms with Crippen molar-refractivity contribution in [1.82, 2.24) is 4.90 Å². The summed E-state index contributed by atoms with van der Waals surface area (Å²) in [6.07, 6.45) is 5.81. The molecule has 0 radical (unpaired) electrons. The third kappa shape index (κ3) is 3.47. The van der Waals surface area contributed by atoms with E-state index in [9.17, 15) is 9.59 Å². The lowest BCUT2D eigenvalue weighted by molar-refractivity contribution is -0.140. The highest BCUT2D eigenvalue weighted by molar-refractivity contribution is 6.63. The number of rotatable bonds is 4. The number of halogens is 1. The number of carbonyl (C=O) groups is 2. The van der Waals surface area contributed by atoms with Gasteiger partial charge in [0, 0.05) is 12.6 Å². The molecule has 3 rings (SSSR count). The van der Waals surface area contributed by atoms with Crippen molar-refractivity contribution >= 4 is 29.1 Å². The number of alkyl halides is 1. The van der Waals surface area contributed by atoms with E-state index in [2.05, 4.69) is 4.99 Å². The van der Waals surface area contributed by atoms with Crippen molar-refractivity contribution in [3.63, 3.8) is 0 Å². The van der Waals surface area contributed by atoms with E-state index in [1.165, 1.54) is 11.3 Å². The maximum atomic E-state index is 12.6. The molecule has 23 heavy (non-hydrogen) atoms. The van der Waals surface area contributed by atoms with Crippen LogP contribution in [0.4, 0.5) is 0 Å². The molecule has 2 amide bonds. The Bertz CT molecular complexity index is 609. The molecule has 0 N–H and O–H groups in total. The van der Waals surface area contributed by atoms with Gasteiger partial charge in [0.1, 0.15) is 5.71 Å². The second-order valence-corrected chi connectivity index (χ2v) is 6.61. The van der Waals surface area contributed by atoms with Crippen molar-refractivity contribution in [3.05, 3.63) is 35.9 Å². The standard InChI is InChI=1S/C18H21ClN2O2/c19-15-16(20-12-11-13-7-3-1-4-8-13)18(23)21(17(15)22)14-9-5-2-6-10-14/h1,3-4,7-8,14-15H,2,5-6,9-12H2. The van der Waals surface area contributed by atoms with Gasteiger partial charge in [-0.05, 0) is 24.8 Å². The monoisotopic (exact) mass is 332 g/mol. The number of hydrogen-bond acceptors (Lipinski definition) is 3. The molecule has 1 aliphatic carbocycles. The van der Waals surface area contributed by atoms with Crippen LogP contribution in [-0.2, 0) is 16.0 Å². The zero-order valence-corrected chi connectivity index (χ0v) is 13.8. The number of imide groups is 1. The molecule has 0 bridgehead atoms. The van der Waals surface area contributed by atoms with Crippen LogP contribution in [0.3, 0.4) is 0 Å². The molecular weight excluding hydrogens is 312 g/mol. The summed E-state index contributed by atoms with van der Waals surface area (Å²) in [4.78, 5) is 30.6. The lowest BCUT2D eigenvalue weighted by atomic mass is 9.94. The Labute approximate surface area is 141 Å². The predicted molar refractivity (Wildman–Crippen MR) is 90.8 cm³/mol. The molecule has 0 aromatic heterocycles. The predicted octanol–water partition coefficient (Wildman–Crippen LogP) is 2.98. The van der Waals surface area contributed by atoms with Gasteiger partial charge in [-0.2, -0.15) is 0 Å². The van der Waals surface area contributed by atoms with Gasteiger partial charge < -0.3 is 0 Å². The van der Waals surface area contributed by atoms with Crippen molar-refractivity contribution in [2.24, 2.45) is 4.99 Å². The zero-order valence-electron chi connectivity index (χ0n) is 13.1. The number of likely N-dealkylation sites (tertiary alicyclic amines) is 1. The van der Waals surface area contributed by atoms with Crippen LogP contribution >= 0.6 is 11.6 Å². The maximum Gasteiger partial charge on any atom is 0.276 e. The molecular formula is C18H21ClN2O2. The largest absolute Gasteiger partial charge is 0.282 e. The first-order valence-corrected chi connectivity index (χ1v) is 8.72. The molecule has 122 valence electrons. The van der Waals surface area contributed by atoms with Gasteiger partial charge in [-0.15, -0.1) is 11.6 Å². The van der Waals surface area contributed by atoms with Crippen LogP contribution in [0.1, 0.15) is 37.7 Å². The normalized spacial score (nSPS) is 24.7. The third-order valence-electron chi connectivity index (χ3n) is 4.60. The lowest BCUT2D eigenvalue weighted by Gasteiger charge is -2.29. The molecule has 5 heteroatoms. The van der Waals surface area contributed by atoms with Gasteiger partial charge in [0.2, 0.25) is 0 Å². The van der Waals surface area contributed by atoms with Gasteiger partial charge in [-0.25, -0.2) is 0 Å². The summed E-state index contributed by atoms with van der Waals surface area (Å²) in [6.45, 7) is 0.472. The van der Waals surface area contributed by atoms with E-state index in [4.69, 9.17) is 11.6 Å². The van der Waals surface area contributed by atoms with E-state index in [1.54, 1.807) is 0 Å². The average Bonchev–Trinajstić information content (AvgIpc) is 2.80. The Morgan fingerprint density at radius 1 is 1.09 bits per heavy atom. The first kappa shape index (κ1) is 16.2. The minimum atomic E-state index is -0.916. The fourth-order valence-corrected chi connectivity index (χ4v) is 3.62. The number of benzene rings is 1. The number of amides is 2. The molecule has 2 fully saturated rings. The third-order valence-corrected chi connectivity index (χ3v) is 4.99. The zero-order chi connectivity index (χ0) is 16.2. The quantitative estimate of drug-likeness (QED) is 0.628. The fourth-order valence-electron chi connectivity index (χ4n) is 3.35. The van der Waals surface area contributed by atoms with Crippen LogP contribution in [0, 0.1) is 0 Å². The first-order valence-electron chi connectivity index (χ1n) is 8.28. The highest BCUT2D eigenvalue weighted by Gasteiger charge is 2.46. The van der Waals surface area contributed by atoms with Gasteiger partial charge in [-0.3, -0.25) is 19.5 Å². The molecule has 1 aliphatic heterocycles. The van der Waals surface area contributed by atoms with Gasteiger partial charge in [0.05, 0.1) is 0 Å². The highest BCUT2D eigenvalue weighted by Crippen LogP contribution is 2.28. The van der Waals surface area contributed by atoms with Crippen LogP contribution in [0.5, 0.6) is 0 Å². The van der Waals surface area contributed by atoms with Crippen LogP contribution in [-0.4, -0.2) is 40.4 Å². The number of nitrogens with zero attached hydrogens (tertiary/aromatic N) is 2. The lowest BCUT2D eigenvalue weighted by Crippen LogP contribution is -2.42. The van der Waals surface area contributed by atoms with Crippen molar-refractivity contribution in [3.8, 4) is 0 Å². The Hall–Kier alpha value is -1.68. The summed E-state index contributed by atoms with van der Waals surface area (Å²) >= 11 is 6.18. The van der Waals surface area contributed by atoms with E-state index in [-0.39, 0.29) is 23.6 Å². The summed E-state index contributed by atoms with van der Waals surface area (Å²) < 4.78 is 0. The van der Waals surface area contributed by atoms with Gasteiger partial charge in [-0.1, -0.05) is 49.6 Å². The highest BCUT2D eigenvalue weighted by atomic mass is 35.5. The summed E-state index contributed by atoms with van der Waals surface area (Å²) in [7, 11) is 0. The number of aliphatic imine (C=N–C) groups is 1. The molecule has 0 spiro atoms. The van der Waals surface area contributed by atoms with Gasteiger partial charge in [0.15, 0.2) is 5.38 Å². The molecule has 2 aliphatic rings. The summed E-state index contributed by atoms with van der Waals surface area (Å²) in [5, 5.41) is -0.916. The van der Waals surface area contributed by atoms with Gasteiger partial charge >= 0.3 is 0 Å². The van der Waals surface area contributed by atoms with Crippen molar-refractivity contribution in [2.75, 3.05) is 6.54 Å². The maximum absolute atomic E-state index is 12.6.